The Hall–Kier alpha value is -4.33. The van der Waals surface area contributed by atoms with Gasteiger partial charge in [0.15, 0.2) is 0 Å². The number of pyridine rings is 1. The summed E-state index contributed by atoms with van der Waals surface area (Å²) in [6, 6.07) is 16.5. The van der Waals surface area contributed by atoms with Gasteiger partial charge in [0, 0.05) is 29.8 Å². The Morgan fingerprint density at radius 2 is 1.84 bits per heavy atom. The fourth-order valence-corrected chi connectivity index (χ4v) is 4.96. The lowest BCUT2D eigenvalue weighted by atomic mass is 9.98. The molecule has 0 spiro atoms. The predicted molar refractivity (Wildman–Crippen MR) is 149 cm³/mol. The first kappa shape index (κ1) is 25.3. The Labute approximate surface area is 222 Å². The molecule has 3 heterocycles. The molecule has 8 heteroatoms. The van der Waals surface area contributed by atoms with Gasteiger partial charge in [-0.3, -0.25) is 14.1 Å². The van der Waals surface area contributed by atoms with E-state index >= 15 is 0 Å². The minimum Gasteiger partial charge on any atom is -0.292 e. The van der Waals surface area contributed by atoms with Crippen LogP contribution in [0.3, 0.4) is 0 Å². The van der Waals surface area contributed by atoms with Crippen LogP contribution in [-0.4, -0.2) is 34.7 Å². The molecule has 0 amide bonds. The highest BCUT2D eigenvalue weighted by molar-refractivity contribution is 5.79. The topological polar surface area (TPSA) is 94.3 Å². The van der Waals surface area contributed by atoms with Crippen LogP contribution in [0.5, 0.6) is 0 Å². The van der Waals surface area contributed by atoms with Gasteiger partial charge in [-0.05, 0) is 64.8 Å². The standard InChI is InChI=1S/C30H33N7O/c1-5-6-9-24-19-37(28-21(4)8-7-10-25(28)20(2)3)30(38)36(24)18-22-11-13-23(14-12-22)26-15-16-31-17-27(26)29-32-34-35-33-29/h7-8,10-17,19-20H,5-6,9,18H2,1-4H3,(H,32,33,34,35). The third-order valence-electron chi connectivity index (χ3n) is 6.99. The van der Waals surface area contributed by atoms with Gasteiger partial charge in [0.25, 0.3) is 0 Å². The van der Waals surface area contributed by atoms with E-state index in [1.54, 1.807) is 12.4 Å². The summed E-state index contributed by atoms with van der Waals surface area (Å²) >= 11 is 0. The van der Waals surface area contributed by atoms with E-state index in [0.29, 0.717) is 18.3 Å². The smallest absolute Gasteiger partial charge is 0.292 e. The molecule has 1 N–H and O–H groups in total. The van der Waals surface area contributed by atoms with Gasteiger partial charge in [-0.25, -0.2) is 4.79 Å². The molecule has 0 saturated carbocycles. The average molecular weight is 508 g/mol. The number of unbranched alkanes of at least 4 members (excludes halogenated alkanes) is 1. The lowest BCUT2D eigenvalue weighted by Gasteiger charge is -2.15. The molecular weight excluding hydrogens is 474 g/mol. The number of H-pyrrole nitrogens is 1. The monoisotopic (exact) mass is 507 g/mol. The lowest BCUT2D eigenvalue weighted by molar-refractivity contribution is 0.673. The fourth-order valence-electron chi connectivity index (χ4n) is 4.96. The summed E-state index contributed by atoms with van der Waals surface area (Å²) in [6.45, 7) is 9.12. The number of aromatic nitrogens is 7. The Morgan fingerprint density at radius 3 is 2.55 bits per heavy atom. The van der Waals surface area contributed by atoms with Crippen LogP contribution in [0.15, 0.2) is 71.9 Å². The minimum absolute atomic E-state index is 0.00454. The third kappa shape index (κ3) is 4.94. The molecular formula is C30H33N7O. The maximum absolute atomic E-state index is 13.8. The maximum atomic E-state index is 13.8. The number of tetrazole rings is 1. The van der Waals surface area contributed by atoms with Crippen LogP contribution in [0.2, 0.25) is 0 Å². The molecule has 0 bridgehead atoms. The maximum Gasteiger partial charge on any atom is 0.333 e. The first-order valence-corrected chi connectivity index (χ1v) is 13.2. The zero-order valence-electron chi connectivity index (χ0n) is 22.3. The quantitative estimate of drug-likeness (QED) is 0.276. The molecule has 3 aromatic heterocycles. The molecule has 2 aromatic carbocycles. The number of nitrogens with zero attached hydrogens (tertiary/aromatic N) is 6. The van der Waals surface area contributed by atoms with Crippen LogP contribution in [-0.2, 0) is 13.0 Å². The van der Waals surface area contributed by atoms with E-state index in [1.807, 2.05) is 15.2 Å². The van der Waals surface area contributed by atoms with Gasteiger partial charge < -0.3 is 0 Å². The zero-order valence-corrected chi connectivity index (χ0v) is 22.3. The highest BCUT2D eigenvalue weighted by atomic mass is 16.1. The van der Waals surface area contributed by atoms with Crippen LogP contribution in [0, 0.1) is 6.92 Å². The highest BCUT2D eigenvalue weighted by Crippen LogP contribution is 2.29. The Balaban J connectivity index is 1.51. The number of hydrogen-bond acceptors (Lipinski definition) is 5. The first-order chi connectivity index (χ1) is 18.5. The van der Waals surface area contributed by atoms with E-state index in [9.17, 15) is 4.79 Å². The Bertz CT molecular complexity index is 1580. The Morgan fingerprint density at radius 1 is 1.03 bits per heavy atom. The van der Waals surface area contributed by atoms with Crippen molar-refractivity contribution in [2.45, 2.75) is 59.4 Å². The third-order valence-corrected chi connectivity index (χ3v) is 6.99. The number of benzene rings is 2. The molecule has 0 fully saturated rings. The SMILES string of the molecule is CCCCc1cn(-c2c(C)cccc2C(C)C)c(=O)n1Cc1ccc(-c2ccncc2-c2nn[nH]n2)cc1. The summed E-state index contributed by atoms with van der Waals surface area (Å²) in [4.78, 5) is 18.1. The van der Waals surface area contributed by atoms with Gasteiger partial charge in [0.2, 0.25) is 5.82 Å². The molecule has 0 unspecified atom stereocenters. The van der Waals surface area contributed by atoms with Crippen LogP contribution < -0.4 is 5.69 Å². The summed E-state index contributed by atoms with van der Waals surface area (Å²) in [6.07, 6.45) is 8.53. The molecule has 0 radical (unpaired) electrons. The fraction of sp³-hybridized carbons (Fsp3) is 0.300. The summed E-state index contributed by atoms with van der Waals surface area (Å²) in [5.74, 6) is 0.819. The van der Waals surface area contributed by atoms with E-state index in [1.165, 1.54) is 5.56 Å². The normalized spacial score (nSPS) is 11.4. The lowest BCUT2D eigenvalue weighted by Crippen LogP contribution is -2.26. The van der Waals surface area contributed by atoms with E-state index in [-0.39, 0.29) is 5.69 Å². The number of aryl methyl sites for hydroxylation is 2. The zero-order chi connectivity index (χ0) is 26.6. The molecule has 0 aliphatic rings. The first-order valence-electron chi connectivity index (χ1n) is 13.2. The summed E-state index contributed by atoms with van der Waals surface area (Å²) < 4.78 is 3.79. The van der Waals surface area contributed by atoms with Gasteiger partial charge in [-0.1, -0.05) is 69.7 Å². The van der Waals surface area contributed by atoms with E-state index in [0.717, 1.165) is 58.5 Å². The van der Waals surface area contributed by atoms with E-state index in [4.69, 9.17) is 0 Å². The molecule has 0 saturated heterocycles. The molecule has 5 rings (SSSR count). The molecule has 0 atom stereocenters. The second kappa shape index (κ2) is 11.0. The number of nitrogens with one attached hydrogen (secondary N) is 1. The van der Waals surface area contributed by atoms with Crippen molar-refractivity contribution in [2.24, 2.45) is 0 Å². The van der Waals surface area contributed by atoms with Gasteiger partial charge in [-0.15, -0.1) is 10.2 Å². The second-order valence-corrected chi connectivity index (χ2v) is 9.98. The Kier molecular flexibility index (Phi) is 7.31. The van der Waals surface area contributed by atoms with Crippen molar-refractivity contribution in [3.63, 3.8) is 0 Å². The van der Waals surface area contributed by atoms with Crippen molar-refractivity contribution >= 4 is 0 Å². The van der Waals surface area contributed by atoms with Gasteiger partial charge >= 0.3 is 5.69 Å². The van der Waals surface area contributed by atoms with Gasteiger partial charge in [0.05, 0.1) is 12.2 Å². The van der Waals surface area contributed by atoms with Gasteiger partial charge in [0.1, 0.15) is 0 Å². The van der Waals surface area contributed by atoms with Crippen molar-refractivity contribution in [1.82, 2.24) is 34.7 Å². The number of imidazole rings is 1. The van der Waals surface area contributed by atoms with Crippen LogP contribution in [0.1, 0.15) is 61.9 Å². The number of aromatic amines is 1. The molecule has 0 aliphatic carbocycles. The summed E-state index contributed by atoms with van der Waals surface area (Å²) in [5, 5.41) is 14.4. The second-order valence-electron chi connectivity index (χ2n) is 9.98. The summed E-state index contributed by atoms with van der Waals surface area (Å²) in [5.41, 5.74) is 8.23. The number of para-hydroxylation sites is 1. The number of rotatable bonds is 9. The molecule has 8 nitrogen and oxygen atoms in total. The van der Waals surface area contributed by atoms with Crippen molar-refractivity contribution in [1.29, 1.82) is 0 Å². The minimum atomic E-state index is 0.00454. The average Bonchev–Trinajstić information content (AvgIpc) is 3.57. The van der Waals surface area contributed by atoms with Crippen LogP contribution >= 0.6 is 0 Å². The van der Waals surface area contributed by atoms with E-state index < -0.39 is 0 Å². The molecule has 38 heavy (non-hydrogen) atoms. The molecule has 5 aromatic rings. The van der Waals surface area contributed by atoms with Crippen molar-refractivity contribution < 1.29 is 0 Å². The largest absolute Gasteiger partial charge is 0.333 e. The highest BCUT2D eigenvalue weighted by Gasteiger charge is 2.18. The van der Waals surface area contributed by atoms with Crippen LogP contribution in [0.4, 0.5) is 0 Å². The van der Waals surface area contributed by atoms with Gasteiger partial charge in [-0.2, -0.15) is 5.21 Å². The molecule has 194 valence electrons. The van der Waals surface area contributed by atoms with Crippen molar-refractivity contribution in [3.8, 4) is 28.2 Å². The molecule has 0 aliphatic heterocycles. The van der Waals surface area contributed by atoms with Crippen molar-refractivity contribution in [3.05, 3.63) is 100.0 Å². The predicted octanol–water partition coefficient (Wildman–Crippen LogP) is 5.70. The van der Waals surface area contributed by atoms with E-state index in [2.05, 4.69) is 102 Å². The summed E-state index contributed by atoms with van der Waals surface area (Å²) in [7, 11) is 0. The van der Waals surface area contributed by atoms with Crippen molar-refractivity contribution in [2.75, 3.05) is 0 Å². The number of hydrogen-bond donors (Lipinski definition) is 1. The van der Waals surface area contributed by atoms with Crippen LogP contribution in [0.25, 0.3) is 28.2 Å².